The smallest absolute Gasteiger partial charge is 0.337 e. The third-order valence-electron chi connectivity index (χ3n) is 5.31. The van der Waals surface area contributed by atoms with Crippen LogP contribution in [0.1, 0.15) is 34.3 Å². The molecule has 1 atom stereocenters. The fraction of sp³-hybridized carbons (Fsp3) is 0.182. The summed E-state index contributed by atoms with van der Waals surface area (Å²) in [5, 5.41) is 9.78. The van der Waals surface area contributed by atoms with Gasteiger partial charge in [0.15, 0.2) is 5.76 Å². The number of esters is 1. The van der Waals surface area contributed by atoms with E-state index in [9.17, 15) is 18.5 Å². The molecule has 4 rings (SSSR count). The van der Waals surface area contributed by atoms with E-state index in [1.807, 2.05) is 6.07 Å². The summed E-state index contributed by atoms with van der Waals surface area (Å²) in [5.41, 5.74) is 7.89. The van der Waals surface area contributed by atoms with Gasteiger partial charge >= 0.3 is 5.97 Å². The first-order valence-corrected chi connectivity index (χ1v) is 10.9. The Balaban J connectivity index is 1.99. The van der Waals surface area contributed by atoms with E-state index in [-0.39, 0.29) is 28.7 Å². The van der Waals surface area contributed by atoms with Crippen molar-refractivity contribution in [1.82, 2.24) is 0 Å². The Bertz CT molecular complexity index is 1290. The Morgan fingerprint density at radius 3 is 2.52 bits per heavy atom. The zero-order chi connectivity index (χ0) is 22.3. The van der Waals surface area contributed by atoms with E-state index in [0.717, 1.165) is 0 Å². The number of methoxy groups -OCH3 is 1. The molecule has 0 amide bonds. The Labute approximate surface area is 179 Å². The van der Waals surface area contributed by atoms with Crippen molar-refractivity contribution in [2.75, 3.05) is 18.0 Å². The van der Waals surface area contributed by atoms with Gasteiger partial charge in [-0.15, -0.1) is 0 Å². The number of nitrogens with zero attached hydrogens (tertiary/aromatic N) is 2. The average molecular weight is 437 g/mol. The quantitative estimate of drug-likeness (QED) is 0.733. The molecule has 2 aliphatic heterocycles. The number of hydrogen-bond donors (Lipinski definition) is 1. The van der Waals surface area contributed by atoms with E-state index in [1.165, 1.54) is 23.5 Å². The predicted molar refractivity (Wildman–Crippen MR) is 114 cm³/mol. The summed E-state index contributed by atoms with van der Waals surface area (Å²) in [6.45, 7) is 1.93. The van der Waals surface area contributed by atoms with Gasteiger partial charge in [0.2, 0.25) is 5.88 Å². The molecule has 0 aliphatic carbocycles. The van der Waals surface area contributed by atoms with Crippen LogP contribution < -0.4 is 10.0 Å². The molecule has 8 nitrogen and oxygen atoms in total. The van der Waals surface area contributed by atoms with Crippen LogP contribution in [0, 0.1) is 11.3 Å². The van der Waals surface area contributed by atoms with Crippen LogP contribution in [0.25, 0.3) is 5.76 Å². The van der Waals surface area contributed by atoms with E-state index >= 15 is 0 Å². The van der Waals surface area contributed by atoms with Crippen LogP contribution in [-0.2, 0) is 19.5 Å². The Kier molecular flexibility index (Phi) is 4.95. The Hall–Kier alpha value is -3.77. The standard InChI is InChI=1S/C22H19N3O5S/c1-3-25-17-7-5-4-6-15(17)19-20(31(25,27)28)18(16(12-23)21(24)30-19)13-8-10-14(11-9-13)22(26)29-2/h4-11,18H,3,24H2,1-2H3. The molecule has 0 aromatic heterocycles. The van der Waals surface area contributed by atoms with Gasteiger partial charge in [0.05, 0.1) is 24.3 Å². The van der Waals surface area contributed by atoms with Crippen LogP contribution in [0.4, 0.5) is 5.69 Å². The number of fused-ring (bicyclic) bond motifs is 2. The Morgan fingerprint density at radius 1 is 1.23 bits per heavy atom. The molecule has 0 fully saturated rings. The highest BCUT2D eigenvalue weighted by atomic mass is 32.2. The SMILES string of the molecule is CCN1c2ccccc2C2=C(C(c3ccc(C(=O)OC)cc3)C(C#N)=C(N)O2)S1(=O)=O. The van der Waals surface area contributed by atoms with Gasteiger partial charge < -0.3 is 15.2 Å². The van der Waals surface area contributed by atoms with Crippen molar-refractivity contribution in [2.24, 2.45) is 5.73 Å². The second-order valence-corrected chi connectivity index (χ2v) is 8.75. The number of carbonyl (C=O) groups is 1. The summed E-state index contributed by atoms with van der Waals surface area (Å²) in [4.78, 5) is 11.7. The van der Waals surface area contributed by atoms with Crippen LogP contribution in [0.5, 0.6) is 0 Å². The predicted octanol–water partition coefficient (Wildman–Crippen LogP) is 2.82. The summed E-state index contributed by atoms with van der Waals surface area (Å²) in [7, 11) is -2.76. The van der Waals surface area contributed by atoms with Gasteiger partial charge in [-0.25, -0.2) is 13.2 Å². The summed E-state index contributed by atoms with van der Waals surface area (Å²) in [5.74, 6) is -1.55. The molecule has 0 spiro atoms. The molecule has 1 unspecified atom stereocenters. The van der Waals surface area contributed by atoms with Gasteiger partial charge in [0, 0.05) is 12.1 Å². The zero-order valence-corrected chi connectivity index (χ0v) is 17.6. The molecule has 0 saturated carbocycles. The molecule has 0 saturated heterocycles. The van der Waals surface area contributed by atoms with Gasteiger partial charge in [-0.2, -0.15) is 5.26 Å². The first-order valence-electron chi connectivity index (χ1n) is 9.47. The Morgan fingerprint density at radius 2 is 1.90 bits per heavy atom. The lowest BCUT2D eigenvalue weighted by molar-refractivity contribution is 0.0600. The minimum absolute atomic E-state index is 0.0106. The number of anilines is 1. The van der Waals surface area contributed by atoms with Crippen molar-refractivity contribution in [2.45, 2.75) is 12.8 Å². The highest BCUT2D eigenvalue weighted by molar-refractivity contribution is 7.97. The second kappa shape index (κ2) is 7.49. The van der Waals surface area contributed by atoms with E-state index in [1.54, 1.807) is 43.3 Å². The first kappa shape index (κ1) is 20.5. The van der Waals surface area contributed by atoms with Gasteiger partial charge in [-0.1, -0.05) is 24.3 Å². The molecule has 2 aliphatic rings. The van der Waals surface area contributed by atoms with Gasteiger partial charge in [-0.05, 0) is 36.8 Å². The molecule has 2 aromatic carbocycles. The molecule has 0 radical (unpaired) electrons. The first-order chi connectivity index (χ1) is 14.8. The van der Waals surface area contributed by atoms with Gasteiger partial charge in [0.1, 0.15) is 16.5 Å². The zero-order valence-electron chi connectivity index (χ0n) is 16.8. The number of para-hydroxylation sites is 1. The summed E-state index contributed by atoms with van der Waals surface area (Å²) >= 11 is 0. The summed E-state index contributed by atoms with van der Waals surface area (Å²) in [6.07, 6.45) is 0. The lowest BCUT2D eigenvalue weighted by atomic mass is 9.88. The fourth-order valence-electron chi connectivity index (χ4n) is 3.91. The maximum atomic E-state index is 13.7. The number of nitrogens with two attached hydrogens (primary N) is 1. The molecule has 2 aromatic rings. The number of sulfonamides is 1. The maximum Gasteiger partial charge on any atom is 0.337 e. The summed E-state index contributed by atoms with van der Waals surface area (Å²) < 4.78 is 39.0. The van der Waals surface area contributed by atoms with Gasteiger partial charge in [-0.3, -0.25) is 4.31 Å². The number of rotatable bonds is 3. The number of benzene rings is 2. The fourth-order valence-corrected chi connectivity index (χ4v) is 5.85. The molecule has 31 heavy (non-hydrogen) atoms. The van der Waals surface area contributed by atoms with Crippen LogP contribution >= 0.6 is 0 Å². The minimum atomic E-state index is -4.03. The van der Waals surface area contributed by atoms with Crippen molar-refractivity contribution in [3.05, 3.63) is 81.6 Å². The molecule has 9 heteroatoms. The maximum absolute atomic E-state index is 13.7. The minimum Gasteiger partial charge on any atom is -0.465 e. The van der Waals surface area contributed by atoms with Crippen LogP contribution in [-0.4, -0.2) is 28.0 Å². The molecular formula is C22H19N3O5S. The number of carbonyl (C=O) groups excluding carboxylic acids is 1. The molecule has 2 N–H and O–H groups in total. The number of ether oxygens (including phenoxy) is 2. The van der Waals surface area contributed by atoms with Crippen molar-refractivity contribution in [3.8, 4) is 6.07 Å². The number of hydrogen-bond acceptors (Lipinski definition) is 7. The van der Waals surface area contributed by atoms with Gasteiger partial charge in [0.25, 0.3) is 10.0 Å². The highest BCUT2D eigenvalue weighted by Crippen LogP contribution is 2.50. The largest absolute Gasteiger partial charge is 0.465 e. The monoisotopic (exact) mass is 437 g/mol. The van der Waals surface area contributed by atoms with Crippen LogP contribution in [0.2, 0.25) is 0 Å². The van der Waals surface area contributed by atoms with Crippen LogP contribution in [0.15, 0.2) is 64.9 Å². The molecule has 0 bridgehead atoms. The van der Waals surface area contributed by atoms with Crippen LogP contribution in [0.3, 0.4) is 0 Å². The van der Waals surface area contributed by atoms with Crippen molar-refractivity contribution >= 4 is 27.4 Å². The average Bonchev–Trinajstić information content (AvgIpc) is 2.78. The van der Waals surface area contributed by atoms with Crippen molar-refractivity contribution in [3.63, 3.8) is 0 Å². The third-order valence-corrected chi connectivity index (χ3v) is 7.32. The summed E-state index contributed by atoms with van der Waals surface area (Å²) in [6, 6.07) is 15.2. The van der Waals surface area contributed by atoms with E-state index in [2.05, 4.69) is 0 Å². The highest BCUT2D eigenvalue weighted by Gasteiger charge is 2.46. The lowest BCUT2D eigenvalue weighted by Crippen LogP contribution is -2.39. The van der Waals surface area contributed by atoms with E-state index in [4.69, 9.17) is 15.2 Å². The number of nitriles is 1. The normalized spacial score (nSPS) is 19.1. The van der Waals surface area contributed by atoms with E-state index < -0.39 is 21.9 Å². The van der Waals surface area contributed by atoms with Crippen molar-refractivity contribution < 1.29 is 22.7 Å². The second-order valence-electron chi connectivity index (χ2n) is 6.92. The third kappa shape index (κ3) is 3.04. The lowest BCUT2D eigenvalue weighted by Gasteiger charge is -2.37. The van der Waals surface area contributed by atoms with Crippen molar-refractivity contribution in [1.29, 1.82) is 5.26 Å². The molecular weight excluding hydrogens is 418 g/mol. The molecule has 158 valence electrons. The molecule has 2 heterocycles. The van der Waals surface area contributed by atoms with E-state index in [0.29, 0.717) is 22.4 Å². The number of allylic oxidation sites excluding steroid dienone is 2. The topological polar surface area (TPSA) is 123 Å².